The highest BCUT2D eigenvalue weighted by atomic mass is 35.5. The number of benzene rings is 2. The highest BCUT2D eigenvalue weighted by Gasteiger charge is 2.24. The van der Waals surface area contributed by atoms with Gasteiger partial charge in [-0.25, -0.2) is 4.39 Å². The van der Waals surface area contributed by atoms with Crippen LogP contribution in [0.1, 0.15) is 27.6 Å². The van der Waals surface area contributed by atoms with Gasteiger partial charge in [-0.1, -0.05) is 41.4 Å². The fourth-order valence-corrected chi connectivity index (χ4v) is 2.91. The number of primary amides is 1. The second-order valence-corrected chi connectivity index (χ2v) is 6.24. The van der Waals surface area contributed by atoms with E-state index in [9.17, 15) is 9.18 Å². The number of nitrogens with two attached hydrogens (primary N) is 1. The Morgan fingerprint density at radius 1 is 1.08 bits per heavy atom. The maximum atomic E-state index is 13.4. The van der Waals surface area contributed by atoms with Crippen LogP contribution in [-0.2, 0) is 0 Å². The quantitative estimate of drug-likeness (QED) is 0.680. The Morgan fingerprint density at radius 3 is 2.54 bits per heavy atom. The zero-order valence-corrected chi connectivity index (χ0v) is 14.8. The molecule has 0 saturated carbocycles. The van der Waals surface area contributed by atoms with Crippen LogP contribution in [0.25, 0.3) is 0 Å². The van der Waals surface area contributed by atoms with Crippen molar-refractivity contribution >= 4 is 29.1 Å². The lowest BCUT2D eigenvalue weighted by atomic mass is 9.98. The molecular formula is C19H13Cl2FN2O2. The van der Waals surface area contributed by atoms with Gasteiger partial charge in [-0.05, 0) is 24.3 Å². The second-order valence-electron chi connectivity index (χ2n) is 5.42. The van der Waals surface area contributed by atoms with Crippen LogP contribution in [0, 0.1) is 5.82 Å². The summed E-state index contributed by atoms with van der Waals surface area (Å²) in [7, 11) is 0. The highest BCUT2D eigenvalue weighted by molar-refractivity contribution is 6.31. The van der Waals surface area contributed by atoms with Crippen molar-refractivity contribution in [3.05, 3.63) is 93.5 Å². The molecule has 1 heterocycles. The number of amides is 1. The third kappa shape index (κ3) is 3.79. The first kappa shape index (κ1) is 18.2. The molecule has 26 heavy (non-hydrogen) atoms. The second kappa shape index (κ2) is 7.72. The van der Waals surface area contributed by atoms with Crippen LogP contribution >= 0.6 is 23.2 Å². The van der Waals surface area contributed by atoms with Gasteiger partial charge in [0, 0.05) is 40.2 Å². The number of carbonyl (C=O) groups excluding carboxylic acids is 1. The lowest BCUT2D eigenvalue weighted by Gasteiger charge is -2.22. The van der Waals surface area contributed by atoms with E-state index in [1.807, 2.05) is 0 Å². The van der Waals surface area contributed by atoms with Crippen molar-refractivity contribution in [2.24, 2.45) is 5.73 Å². The van der Waals surface area contributed by atoms with Gasteiger partial charge in [0.25, 0.3) is 0 Å². The molecule has 7 heteroatoms. The summed E-state index contributed by atoms with van der Waals surface area (Å²) in [4.78, 5) is 15.9. The molecule has 0 aliphatic heterocycles. The molecule has 1 atom stereocenters. The maximum absolute atomic E-state index is 13.4. The van der Waals surface area contributed by atoms with Gasteiger partial charge in [-0.2, -0.15) is 0 Å². The van der Waals surface area contributed by atoms with Crippen LogP contribution in [0.15, 0.2) is 60.9 Å². The lowest BCUT2D eigenvalue weighted by Crippen LogP contribution is -2.19. The van der Waals surface area contributed by atoms with Gasteiger partial charge in [-0.3, -0.25) is 9.78 Å². The maximum Gasteiger partial charge on any atom is 0.249 e. The molecule has 3 aromatic rings. The minimum Gasteiger partial charge on any atom is -0.481 e. The number of ether oxygens (including phenoxy) is 1. The van der Waals surface area contributed by atoms with Crippen molar-refractivity contribution < 1.29 is 13.9 Å². The zero-order chi connectivity index (χ0) is 18.7. The van der Waals surface area contributed by atoms with Crippen LogP contribution in [0.3, 0.4) is 0 Å². The van der Waals surface area contributed by atoms with E-state index in [2.05, 4.69) is 4.98 Å². The Labute approximate surface area is 159 Å². The average Bonchev–Trinajstić information content (AvgIpc) is 2.63. The SMILES string of the molecule is NC(=O)c1ccncc1C(Oc1ccc(F)c(Cl)c1)c1ccccc1Cl. The van der Waals surface area contributed by atoms with Gasteiger partial charge in [-0.15, -0.1) is 0 Å². The molecule has 0 fully saturated rings. The Kier molecular flexibility index (Phi) is 5.40. The van der Waals surface area contributed by atoms with Gasteiger partial charge < -0.3 is 10.5 Å². The standard InChI is InChI=1S/C19H13Cl2FN2O2/c20-15-4-2-1-3-13(15)18(14-10-24-8-7-12(14)19(23)25)26-11-5-6-17(22)16(21)9-11/h1-10,18H,(H2,23,25). The van der Waals surface area contributed by atoms with E-state index in [1.165, 1.54) is 36.7 Å². The molecule has 0 spiro atoms. The van der Waals surface area contributed by atoms with Crippen molar-refractivity contribution in [2.45, 2.75) is 6.10 Å². The number of hydrogen-bond acceptors (Lipinski definition) is 3. The van der Waals surface area contributed by atoms with Crippen LogP contribution in [0.5, 0.6) is 5.75 Å². The monoisotopic (exact) mass is 390 g/mol. The van der Waals surface area contributed by atoms with E-state index in [0.717, 1.165) is 0 Å². The first-order valence-corrected chi connectivity index (χ1v) is 8.33. The molecule has 0 saturated heterocycles. The smallest absolute Gasteiger partial charge is 0.249 e. The molecule has 3 rings (SSSR count). The molecular weight excluding hydrogens is 378 g/mol. The minimum absolute atomic E-state index is 0.0817. The van der Waals surface area contributed by atoms with E-state index < -0.39 is 17.8 Å². The van der Waals surface area contributed by atoms with E-state index in [1.54, 1.807) is 24.3 Å². The first-order chi connectivity index (χ1) is 12.5. The molecule has 0 bridgehead atoms. The summed E-state index contributed by atoms with van der Waals surface area (Å²) in [6.45, 7) is 0. The molecule has 1 aromatic heterocycles. The van der Waals surface area contributed by atoms with Gasteiger partial charge >= 0.3 is 0 Å². The summed E-state index contributed by atoms with van der Waals surface area (Å²) in [6, 6.07) is 12.5. The average molecular weight is 391 g/mol. The number of halogens is 3. The fraction of sp³-hybridized carbons (Fsp3) is 0.0526. The predicted molar refractivity (Wildman–Crippen MR) is 98.1 cm³/mol. The third-order valence-corrected chi connectivity index (χ3v) is 4.37. The van der Waals surface area contributed by atoms with Crippen molar-refractivity contribution in [3.63, 3.8) is 0 Å². The summed E-state index contributed by atoms with van der Waals surface area (Å²) in [5.41, 5.74) is 6.77. The van der Waals surface area contributed by atoms with E-state index in [4.69, 9.17) is 33.7 Å². The van der Waals surface area contributed by atoms with Crippen molar-refractivity contribution in [3.8, 4) is 5.75 Å². The van der Waals surface area contributed by atoms with E-state index in [-0.39, 0.29) is 10.6 Å². The van der Waals surface area contributed by atoms with Crippen molar-refractivity contribution in [2.75, 3.05) is 0 Å². The number of aromatic nitrogens is 1. The fourth-order valence-electron chi connectivity index (χ4n) is 2.51. The summed E-state index contributed by atoms with van der Waals surface area (Å²) in [6.07, 6.45) is 2.16. The van der Waals surface area contributed by atoms with Crippen molar-refractivity contribution in [1.82, 2.24) is 4.98 Å². The molecule has 0 aliphatic rings. The van der Waals surface area contributed by atoms with Crippen LogP contribution in [-0.4, -0.2) is 10.9 Å². The normalized spacial score (nSPS) is 11.8. The number of rotatable bonds is 5. The van der Waals surface area contributed by atoms with Gasteiger partial charge in [0.05, 0.1) is 5.02 Å². The highest BCUT2D eigenvalue weighted by Crippen LogP contribution is 2.35. The Balaban J connectivity index is 2.13. The molecule has 1 unspecified atom stereocenters. The molecule has 2 aromatic carbocycles. The number of hydrogen-bond donors (Lipinski definition) is 1. The van der Waals surface area contributed by atoms with Gasteiger partial charge in [0.1, 0.15) is 11.6 Å². The van der Waals surface area contributed by atoms with E-state index in [0.29, 0.717) is 21.9 Å². The molecule has 1 amide bonds. The van der Waals surface area contributed by atoms with E-state index >= 15 is 0 Å². The van der Waals surface area contributed by atoms with Crippen LogP contribution in [0.4, 0.5) is 4.39 Å². The number of nitrogens with zero attached hydrogens (tertiary/aromatic N) is 1. The van der Waals surface area contributed by atoms with Crippen LogP contribution in [0.2, 0.25) is 10.0 Å². The Hall–Kier alpha value is -2.63. The lowest BCUT2D eigenvalue weighted by molar-refractivity contribution is 0.0996. The number of pyridine rings is 1. The molecule has 132 valence electrons. The molecule has 0 radical (unpaired) electrons. The van der Waals surface area contributed by atoms with Crippen LogP contribution < -0.4 is 10.5 Å². The largest absolute Gasteiger partial charge is 0.481 e. The topological polar surface area (TPSA) is 65.2 Å². The predicted octanol–water partition coefficient (Wildman–Crippen LogP) is 4.79. The summed E-state index contributed by atoms with van der Waals surface area (Å²) < 4.78 is 19.4. The number of carbonyl (C=O) groups is 1. The third-order valence-electron chi connectivity index (χ3n) is 3.73. The summed E-state index contributed by atoms with van der Waals surface area (Å²) in [5, 5.41) is 0.353. The molecule has 0 aliphatic carbocycles. The molecule has 2 N–H and O–H groups in total. The summed E-state index contributed by atoms with van der Waals surface area (Å²) >= 11 is 12.2. The molecule has 4 nitrogen and oxygen atoms in total. The van der Waals surface area contributed by atoms with Crippen molar-refractivity contribution in [1.29, 1.82) is 0 Å². The van der Waals surface area contributed by atoms with Gasteiger partial charge in [0.2, 0.25) is 5.91 Å². The Bertz CT molecular complexity index is 966. The first-order valence-electron chi connectivity index (χ1n) is 7.57. The summed E-state index contributed by atoms with van der Waals surface area (Å²) in [5.74, 6) is -0.881. The minimum atomic E-state index is -0.790. The Morgan fingerprint density at radius 2 is 1.85 bits per heavy atom. The zero-order valence-electron chi connectivity index (χ0n) is 13.3. The van der Waals surface area contributed by atoms with Gasteiger partial charge in [0.15, 0.2) is 6.10 Å².